The quantitative estimate of drug-likeness (QED) is 0.292. The van der Waals surface area contributed by atoms with Crippen LogP contribution >= 0.6 is 7.82 Å². The summed E-state index contributed by atoms with van der Waals surface area (Å²) >= 11 is 0. The molecule has 0 amide bonds. The van der Waals surface area contributed by atoms with Crippen molar-refractivity contribution in [1.82, 2.24) is 19.5 Å². The minimum absolute atomic E-state index is 0.0822. The number of rotatable bonds is 5. The van der Waals surface area contributed by atoms with Gasteiger partial charge < -0.3 is 30.5 Å². The Hall–Kier alpha value is -2.10. The first kappa shape index (κ1) is 18.7. The molecule has 0 aromatic carbocycles. The van der Waals surface area contributed by atoms with Crippen LogP contribution in [0.1, 0.15) is 6.42 Å². The van der Waals surface area contributed by atoms with Gasteiger partial charge in [-0.05, 0) is 0 Å². The number of aliphatic hydroxyl groups excluding tert-OH is 2. The van der Waals surface area contributed by atoms with Gasteiger partial charge in [-0.1, -0.05) is 0 Å². The largest absolute Gasteiger partial charge is 0.470 e. The van der Waals surface area contributed by atoms with Crippen LogP contribution in [-0.4, -0.2) is 64.4 Å². The van der Waals surface area contributed by atoms with Gasteiger partial charge in [0, 0.05) is 0 Å². The van der Waals surface area contributed by atoms with Crippen molar-refractivity contribution < 1.29 is 33.8 Å². The molecule has 1 fully saturated rings. The number of nitrogen functional groups attached to an aromatic ring is 1. The number of aromatic nitrogens is 4. The van der Waals surface area contributed by atoms with Crippen molar-refractivity contribution in [2.75, 3.05) is 12.3 Å². The van der Waals surface area contributed by atoms with Crippen molar-refractivity contribution in [2.24, 2.45) is 0 Å². The molecule has 0 aliphatic carbocycles. The van der Waals surface area contributed by atoms with Gasteiger partial charge in [0.2, 0.25) is 0 Å². The minimum Gasteiger partial charge on any atom is -0.394 e. The van der Waals surface area contributed by atoms with E-state index < -0.39 is 38.5 Å². The Kier molecular flexibility index (Phi) is 4.72. The molecule has 4 atom stereocenters. The number of hydrogen-bond donors (Lipinski definition) is 5. The molecule has 13 heteroatoms. The maximum atomic E-state index is 11.2. The van der Waals surface area contributed by atoms with Crippen molar-refractivity contribution in [1.29, 1.82) is 0 Å². The first-order valence-corrected chi connectivity index (χ1v) is 8.84. The number of hydrogen-bond acceptors (Lipinski definition) is 9. The van der Waals surface area contributed by atoms with Gasteiger partial charge in [-0.25, -0.2) is 19.5 Å². The Morgan fingerprint density at radius 1 is 1.46 bits per heavy atom. The zero-order valence-electron chi connectivity index (χ0n) is 13.2. The highest BCUT2D eigenvalue weighted by molar-refractivity contribution is 7.46. The summed E-state index contributed by atoms with van der Waals surface area (Å²) in [6.45, 7) is -0.683. The Morgan fingerprint density at radius 2 is 2.19 bits per heavy atom. The number of nitrogens with two attached hydrogens (primary N) is 1. The normalized spacial score (nSPS) is 29.1. The molecular formula is C13H16N5O7P. The third kappa shape index (κ3) is 2.95. The fraction of sp³-hybridized carbons (Fsp3) is 0.462. The van der Waals surface area contributed by atoms with Crippen molar-refractivity contribution >= 4 is 24.8 Å². The summed E-state index contributed by atoms with van der Waals surface area (Å²) < 4.78 is 22.9. The maximum absolute atomic E-state index is 11.2. The van der Waals surface area contributed by atoms with Gasteiger partial charge in [-0.3, -0.25) is 9.09 Å². The molecular weight excluding hydrogens is 369 g/mol. The van der Waals surface area contributed by atoms with Gasteiger partial charge >= 0.3 is 7.82 Å². The highest BCUT2D eigenvalue weighted by atomic mass is 31.2. The number of ether oxygens (including phenoxy) is 1. The Bertz CT molecular complexity index is 908. The van der Waals surface area contributed by atoms with Crippen LogP contribution < -0.4 is 5.73 Å². The lowest BCUT2D eigenvalue weighted by Gasteiger charge is -2.32. The first-order valence-electron chi connectivity index (χ1n) is 7.31. The van der Waals surface area contributed by atoms with E-state index in [4.69, 9.17) is 26.7 Å². The van der Waals surface area contributed by atoms with Gasteiger partial charge in [-0.15, -0.1) is 12.3 Å². The Balaban J connectivity index is 2.14. The van der Waals surface area contributed by atoms with E-state index in [1.165, 1.54) is 17.2 Å². The lowest BCUT2D eigenvalue weighted by Crippen LogP contribution is -2.45. The van der Waals surface area contributed by atoms with Crippen LogP contribution in [0.3, 0.4) is 0 Å². The monoisotopic (exact) mass is 385 g/mol. The molecule has 1 aliphatic heterocycles. The fourth-order valence-electron chi connectivity index (χ4n) is 2.99. The smallest absolute Gasteiger partial charge is 0.394 e. The maximum Gasteiger partial charge on any atom is 0.470 e. The number of nitrogens with zero attached hydrogens (tertiary/aromatic N) is 4. The molecule has 0 bridgehead atoms. The molecule has 12 nitrogen and oxygen atoms in total. The van der Waals surface area contributed by atoms with Gasteiger partial charge in [0.1, 0.15) is 30.2 Å². The van der Waals surface area contributed by atoms with Gasteiger partial charge in [0.25, 0.3) is 0 Å². The molecule has 0 radical (unpaired) electrons. The van der Waals surface area contributed by atoms with Crippen molar-refractivity contribution in [3.63, 3.8) is 0 Å². The second-order valence-electron chi connectivity index (χ2n) is 5.62. The predicted octanol–water partition coefficient (Wildman–Crippen LogP) is -1.69. The highest BCUT2D eigenvalue weighted by Crippen LogP contribution is 2.47. The van der Waals surface area contributed by atoms with Crippen LogP contribution in [0.2, 0.25) is 0 Å². The molecule has 0 unspecified atom stereocenters. The molecule has 3 heterocycles. The van der Waals surface area contributed by atoms with E-state index in [1.54, 1.807) is 0 Å². The van der Waals surface area contributed by atoms with E-state index in [-0.39, 0.29) is 23.4 Å². The van der Waals surface area contributed by atoms with Crippen LogP contribution in [-0.2, 0) is 19.6 Å². The summed E-state index contributed by atoms with van der Waals surface area (Å²) in [6.07, 6.45) is 3.13. The van der Waals surface area contributed by atoms with Crippen LogP contribution in [0, 0.1) is 12.3 Å². The molecule has 140 valence electrons. The molecule has 2 aromatic heterocycles. The number of phosphoric acid groups is 1. The molecule has 1 saturated heterocycles. The first-order chi connectivity index (χ1) is 12.2. The summed E-state index contributed by atoms with van der Waals surface area (Å²) in [7, 11) is -4.98. The number of fused-ring (bicyclic) bond motifs is 1. The van der Waals surface area contributed by atoms with Gasteiger partial charge in [0.05, 0.1) is 19.4 Å². The molecule has 0 spiro atoms. The molecule has 3 rings (SSSR count). The molecule has 6 N–H and O–H groups in total. The van der Waals surface area contributed by atoms with Crippen LogP contribution in [0.5, 0.6) is 0 Å². The summed E-state index contributed by atoms with van der Waals surface area (Å²) in [5.74, 6) is 2.42. The Morgan fingerprint density at radius 3 is 2.81 bits per heavy atom. The van der Waals surface area contributed by atoms with E-state index in [0.29, 0.717) is 0 Å². The molecule has 2 aromatic rings. The second-order valence-corrected chi connectivity index (χ2v) is 6.81. The van der Waals surface area contributed by atoms with Crippen molar-refractivity contribution in [3.8, 4) is 12.3 Å². The zero-order chi connectivity index (χ0) is 19.1. The SMILES string of the molecule is C#CC[C@@]1(n2cnc3c(N)ncnc32)O[C@H](CO)[C@@H](OP(=O)(O)O)[C@H]1O. The lowest BCUT2D eigenvalue weighted by molar-refractivity contribution is -0.142. The van der Waals surface area contributed by atoms with Gasteiger partial charge in [0.15, 0.2) is 17.2 Å². The van der Waals surface area contributed by atoms with E-state index >= 15 is 0 Å². The van der Waals surface area contributed by atoms with Crippen LogP contribution in [0.15, 0.2) is 12.7 Å². The summed E-state index contributed by atoms with van der Waals surface area (Å²) in [4.78, 5) is 30.1. The Labute approximate surface area is 146 Å². The fourth-order valence-corrected chi connectivity index (χ4v) is 3.56. The third-order valence-electron chi connectivity index (χ3n) is 4.06. The summed E-state index contributed by atoms with van der Waals surface area (Å²) in [5.41, 5.74) is 4.41. The standard InChI is InChI=1S/C13H16N5O7P/c1-2-3-13(18-6-17-8-11(14)15-5-16-12(8)18)10(20)9(7(4-19)24-13)25-26(21,22)23/h1,5-7,9-10,19-20H,3-4H2,(H2,14,15,16)(H2,21,22,23)/t7-,9-,10-,13-/m1/s1. The van der Waals surface area contributed by atoms with E-state index in [2.05, 4.69) is 25.4 Å². The number of terminal acetylenes is 1. The molecule has 1 aliphatic rings. The number of phosphoric ester groups is 1. The highest BCUT2D eigenvalue weighted by Gasteiger charge is 2.58. The topological polar surface area (TPSA) is 186 Å². The average molecular weight is 385 g/mol. The van der Waals surface area contributed by atoms with Crippen LogP contribution in [0.25, 0.3) is 11.2 Å². The molecule has 26 heavy (non-hydrogen) atoms. The third-order valence-corrected chi connectivity index (χ3v) is 4.58. The summed E-state index contributed by atoms with van der Waals surface area (Å²) in [5, 5.41) is 20.3. The lowest BCUT2D eigenvalue weighted by atomic mass is 9.99. The van der Waals surface area contributed by atoms with Crippen molar-refractivity contribution in [2.45, 2.75) is 30.5 Å². The number of imidazole rings is 1. The predicted molar refractivity (Wildman–Crippen MR) is 86.0 cm³/mol. The minimum atomic E-state index is -4.98. The van der Waals surface area contributed by atoms with E-state index in [0.717, 1.165) is 0 Å². The number of anilines is 1. The molecule has 0 saturated carbocycles. The average Bonchev–Trinajstić information content (AvgIpc) is 3.10. The number of aliphatic hydroxyl groups is 2. The summed E-state index contributed by atoms with van der Waals surface area (Å²) in [6, 6.07) is 0. The zero-order valence-corrected chi connectivity index (χ0v) is 14.1. The van der Waals surface area contributed by atoms with Gasteiger partial charge in [-0.2, -0.15) is 0 Å². The van der Waals surface area contributed by atoms with E-state index in [9.17, 15) is 14.8 Å². The van der Waals surface area contributed by atoms with Crippen LogP contribution in [0.4, 0.5) is 5.82 Å². The van der Waals surface area contributed by atoms with E-state index in [1.807, 2.05) is 0 Å². The van der Waals surface area contributed by atoms with Crippen molar-refractivity contribution in [3.05, 3.63) is 12.7 Å². The second kappa shape index (κ2) is 6.57.